The first-order valence-corrected chi connectivity index (χ1v) is 4.47. The lowest BCUT2D eigenvalue weighted by Crippen LogP contribution is -1.81. The van der Waals surface area contributed by atoms with Crippen LogP contribution in [0, 0.1) is 0 Å². The number of fused-ring (bicyclic) bond motifs is 1. The van der Waals surface area contributed by atoms with Gasteiger partial charge in [-0.2, -0.15) is 0 Å². The first-order valence-electron chi connectivity index (χ1n) is 3.65. The Morgan fingerprint density at radius 2 is 2.08 bits per heavy atom. The molecule has 0 aliphatic heterocycles. The zero-order valence-corrected chi connectivity index (χ0v) is 8.18. The van der Waals surface area contributed by atoms with Gasteiger partial charge < -0.3 is 5.11 Å². The Labute approximate surface area is 85.6 Å². The molecule has 0 spiro atoms. The Balaban J connectivity index is 2.87. The number of hydrogen-bond donors (Lipinski definition) is 2. The molecule has 0 saturated carbocycles. The number of aromatic nitrogens is 1. The minimum absolute atomic E-state index is 0.0279. The summed E-state index contributed by atoms with van der Waals surface area (Å²) in [5.74, 6) is -0.0279. The van der Waals surface area contributed by atoms with Gasteiger partial charge in [-0.05, 0) is 17.5 Å². The SMILES string of the molecule is Oc1cc2ccc(Cl)cc2c(S)n1. The second-order valence-electron chi connectivity index (χ2n) is 2.67. The smallest absolute Gasteiger partial charge is 0.212 e. The number of aromatic hydroxyl groups is 1. The summed E-state index contributed by atoms with van der Waals surface area (Å²) in [5.41, 5.74) is 0. The van der Waals surface area contributed by atoms with Crippen molar-refractivity contribution in [3.63, 3.8) is 0 Å². The van der Waals surface area contributed by atoms with Gasteiger partial charge in [0.05, 0.1) is 0 Å². The molecule has 0 atom stereocenters. The third kappa shape index (κ3) is 1.57. The number of thiol groups is 1. The Morgan fingerprint density at radius 1 is 1.31 bits per heavy atom. The van der Waals surface area contributed by atoms with E-state index in [0.29, 0.717) is 10.0 Å². The Kier molecular flexibility index (Phi) is 2.06. The lowest BCUT2D eigenvalue weighted by molar-refractivity contribution is 0.450. The van der Waals surface area contributed by atoms with Gasteiger partial charge in [0.2, 0.25) is 5.88 Å². The summed E-state index contributed by atoms with van der Waals surface area (Å²) in [6.45, 7) is 0. The number of nitrogens with zero attached hydrogens (tertiary/aromatic N) is 1. The number of benzene rings is 1. The van der Waals surface area contributed by atoms with Crippen LogP contribution in [0.5, 0.6) is 5.88 Å². The number of rotatable bonds is 0. The molecule has 0 bridgehead atoms. The van der Waals surface area contributed by atoms with Crippen molar-refractivity contribution in [3.05, 3.63) is 29.3 Å². The Bertz CT molecular complexity index is 472. The molecular formula is C9H6ClNOS. The second-order valence-corrected chi connectivity index (χ2v) is 3.53. The van der Waals surface area contributed by atoms with Crippen LogP contribution in [0.25, 0.3) is 10.8 Å². The summed E-state index contributed by atoms with van der Waals surface area (Å²) in [6, 6.07) is 6.92. The molecule has 1 heterocycles. The van der Waals surface area contributed by atoms with E-state index in [0.717, 1.165) is 10.8 Å². The first kappa shape index (κ1) is 8.66. The summed E-state index contributed by atoms with van der Waals surface area (Å²) in [7, 11) is 0. The first-order chi connectivity index (χ1) is 6.16. The standard InChI is InChI=1S/C9H6ClNOS/c10-6-2-1-5-3-8(12)11-9(13)7(5)4-6/h1-4H,(H2,11,12,13). The lowest BCUT2D eigenvalue weighted by Gasteiger charge is -2.01. The van der Waals surface area contributed by atoms with Gasteiger partial charge in [-0.1, -0.05) is 17.7 Å². The van der Waals surface area contributed by atoms with Crippen LogP contribution < -0.4 is 0 Å². The fourth-order valence-corrected chi connectivity index (χ4v) is 1.66. The Hall–Kier alpha value is -0.930. The topological polar surface area (TPSA) is 33.1 Å². The quantitative estimate of drug-likeness (QED) is 0.657. The predicted octanol–water partition coefficient (Wildman–Crippen LogP) is 2.88. The minimum atomic E-state index is -0.0279. The van der Waals surface area contributed by atoms with Crippen molar-refractivity contribution >= 4 is 35.0 Å². The molecule has 1 N–H and O–H groups in total. The fraction of sp³-hybridized carbons (Fsp3) is 0. The van der Waals surface area contributed by atoms with Crippen molar-refractivity contribution in [3.8, 4) is 5.88 Å². The van der Waals surface area contributed by atoms with Gasteiger partial charge in [-0.25, -0.2) is 4.98 Å². The van der Waals surface area contributed by atoms with E-state index in [-0.39, 0.29) is 5.88 Å². The van der Waals surface area contributed by atoms with E-state index in [1.807, 2.05) is 6.07 Å². The molecule has 0 aliphatic rings. The average Bonchev–Trinajstić information content (AvgIpc) is 2.06. The normalized spacial score (nSPS) is 10.6. The zero-order chi connectivity index (χ0) is 9.42. The molecule has 1 aromatic carbocycles. The molecule has 2 nitrogen and oxygen atoms in total. The molecule has 2 aromatic rings. The van der Waals surface area contributed by atoms with Crippen molar-refractivity contribution in [2.75, 3.05) is 0 Å². The van der Waals surface area contributed by atoms with E-state index in [1.165, 1.54) is 0 Å². The molecule has 0 fully saturated rings. The molecule has 0 saturated heterocycles. The highest BCUT2D eigenvalue weighted by atomic mass is 35.5. The lowest BCUT2D eigenvalue weighted by atomic mass is 10.2. The van der Waals surface area contributed by atoms with Crippen molar-refractivity contribution in [1.29, 1.82) is 0 Å². The van der Waals surface area contributed by atoms with Crippen LogP contribution in [0.15, 0.2) is 29.3 Å². The number of hydrogen-bond acceptors (Lipinski definition) is 3. The van der Waals surface area contributed by atoms with Gasteiger partial charge in [0, 0.05) is 16.5 Å². The maximum atomic E-state index is 9.19. The number of halogens is 1. The Morgan fingerprint density at radius 3 is 2.85 bits per heavy atom. The maximum Gasteiger partial charge on any atom is 0.212 e. The van der Waals surface area contributed by atoms with Gasteiger partial charge >= 0.3 is 0 Å². The van der Waals surface area contributed by atoms with Gasteiger partial charge in [0.1, 0.15) is 5.03 Å². The highest BCUT2D eigenvalue weighted by Crippen LogP contribution is 2.26. The van der Waals surface area contributed by atoms with Gasteiger partial charge in [-0.3, -0.25) is 0 Å². The van der Waals surface area contributed by atoms with Crippen molar-refractivity contribution < 1.29 is 5.11 Å². The predicted molar refractivity (Wildman–Crippen MR) is 55.7 cm³/mol. The molecule has 66 valence electrons. The third-order valence-electron chi connectivity index (χ3n) is 1.76. The molecular weight excluding hydrogens is 206 g/mol. The van der Waals surface area contributed by atoms with Crippen LogP contribution in [0.3, 0.4) is 0 Å². The molecule has 1 aromatic heterocycles. The van der Waals surface area contributed by atoms with Gasteiger partial charge in [-0.15, -0.1) is 12.6 Å². The van der Waals surface area contributed by atoms with E-state index >= 15 is 0 Å². The van der Waals surface area contributed by atoms with E-state index in [1.54, 1.807) is 18.2 Å². The van der Waals surface area contributed by atoms with Gasteiger partial charge in [0.15, 0.2) is 0 Å². The summed E-state index contributed by atoms with van der Waals surface area (Å²) < 4.78 is 0. The van der Waals surface area contributed by atoms with Crippen molar-refractivity contribution in [1.82, 2.24) is 4.98 Å². The highest BCUT2D eigenvalue weighted by Gasteiger charge is 2.02. The van der Waals surface area contributed by atoms with Crippen molar-refractivity contribution in [2.45, 2.75) is 5.03 Å². The molecule has 13 heavy (non-hydrogen) atoms. The van der Waals surface area contributed by atoms with E-state index in [4.69, 9.17) is 11.6 Å². The largest absolute Gasteiger partial charge is 0.493 e. The molecule has 0 aliphatic carbocycles. The van der Waals surface area contributed by atoms with Crippen LogP contribution in [0.2, 0.25) is 5.02 Å². The molecule has 0 unspecified atom stereocenters. The monoisotopic (exact) mass is 211 g/mol. The summed E-state index contributed by atoms with van der Waals surface area (Å²) >= 11 is 9.94. The van der Waals surface area contributed by atoms with E-state index in [2.05, 4.69) is 17.6 Å². The van der Waals surface area contributed by atoms with Gasteiger partial charge in [0.25, 0.3) is 0 Å². The molecule has 4 heteroatoms. The summed E-state index contributed by atoms with van der Waals surface area (Å²) in [6.07, 6.45) is 0. The van der Waals surface area contributed by atoms with Crippen LogP contribution in [-0.2, 0) is 0 Å². The molecule has 0 radical (unpaired) electrons. The van der Waals surface area contributed by atoms with Crippen LogP contribution >= 0.6 is 24.2 Å². The fourth-order valence-electron chi connectivity index (χ4n) is 1.19. The summed E-state index contributed by atoms with van der Waals surface area (Å²) in [4.78, 5) is 3.80. The summed E-state index contributed by atoms with van der Waals surface area (Å²) in [5, 5.41) is 12.0. The average molecular weight is 212 g/mol. The van der Waals surface area contributed by atoms with E-state index in [9.17, 15) is 5.11 Å². The zero-order valence-electron chi connectivity index (χ0n) is 6.53. The minimum Gasteiger partial charge on any atom is -0.493 e. The van der Waals surface area contributed by atoms with Crippen LogP contribution in [0.1, 0.15) is 0 Å². The third-order valence-corrected chi connectivity index (χ3v) is 2.34. The maximum absolute atomic E-state index is 9.19. The molecule has 0 amide bonds. The second kappa shape index (κ2) is 3.09. The van der Waals surface area contributed by atoms with Crippen LogP contribution in [-0.4, -0.2) is 10.1 Å². The number of pyridine rings is 1. The van der Waals surface area contributed by atoms with Crippen molar-refractivity contribution in [2.24, 2.45) is 0 Å². The highest BCUT2D eigenvalue weighted by molar-refractivity contribution is 7.80. The molecule has 2 rings (SSSR count). The van der Waals surface area contributed by atoms with Crippen LogP contribution in [0.4, 0.5) is 0 Å². The van der Waals surface area contributed by atoms with E-state index < -0.39 is 0 Å².